The van der Waals surface area contributed by atoms with Crippen LogP contribution >= 0.6 is 0 Å². The Hall–Kier alpha value is -1.23. The number of hydrogen-bond donors (Lipinski definition) is 1. The molecule has 0 aliphatic heterocycles. The molecule has 0 amide bonds. The van der Waals surface area contributed by atoms with Gasteiger partial charge in [-0.15, -0.1) is 18.9 Å². The van der Waals surface area contributed by atoms with Crippen molar-refractivity contribution in [3.63, 3.8) is 0 Å². The van der Waals surface area contributed by atoms with Crippen molar-refractivity contribution < 1.29 is 9.90 Å². The molecule has 90 valence electrons. The zero-order chi connectivity index (χ0) is 12.6. The van der Waals surface area contributed by atoms with Crippen molar-refractivity contribution in [2.45, 2.75) is 39.5 Å². The Morgan fingerprint density at radius 3 is 2.62 bits per heavy atom. The van der Waals surface area contributed by atoms with Crippen LogP contribution in [0.5, 0.6) is 0 Å². The third-order valence-electron chi connectivity index (χ3n) is 3.15. The lowest BCUT2D eigenvalue weighted by Crippen LogP contribution is -2.18. The molecule has 0 unspecified atom stereocenters. The predicted octanol–water partition coefficient (Wildman–Crippen LogP) is 3.34. The summed E-state index contributed by atoms with van der Waals surface area (Å²) in [5.41, 5.74) is 0. The van der Waals surface area contributed by atoms with Crippen molar-refractivity contribution in [1.29, 1.82) is 0 Å². The van der Waals surface area contributed by atoms with Gasteiger partial charge in [-0.3, -0.25) is 4.79 Å². The zero-order valence-electron chi connectivity index (χ0n) is 10.3. The molecule has 0 heterocycles. The monoisotopic (exact) mass is 222 g/mol. The van der Waals surface area contributed by atoms with Crippen LogP contribution in [0.2, 0.25) is 0 Å². The van der Waals surface area contributed by atoms with Crippen molar-refractivity contribution >= 4 is 5.97 Å². The van der Waals surface area contributed by atoms with Crippen molar-refractivity contribution in [3.8, 4) is 12.3 Å². The topological polar surface area (TPSA) is 37.3 Å². The molecule has 0 saturated heterocycles. The van der Waals surface area contributed by atoms with E-state index in [0.29, 0.717) is 24.2 Å². The highest BCUT2D eigenvalue weighted by molar-refractivity contribution is 5.66. The van der Waals surface area contributed by atoms with Crippen LogP contribution in [0.15, 0.2) is 12.7 Å². The van der Waals surface area contributed by atoms with Crippen molar-refractivity contribution in [2.75, 3.05) is 0 Å². The molecule has 0 fully saturated rings. The van der Waals surface area contributed by atoms with Crippen LogP contribution in [0.4, 0.5) is 0 Å². The van der Waals surface area contributed by atoms with Crippen LogP contribution in [0, 0.1) is 30.1 Å². The molecule has 3 atom stereocenters. The Morgan fingerprint density at radius 2 is 2.19 bits per heavy atom. The Labute approximate surface area is 98.7 Å². The van der Waals surface area contributed by atoms with Crippen LogP contribution in [0.1, 0.15) is 39.5 Å². The number of carboxylic acid groups (broad SMARTS) is 1. The fraction of sp³-hybridized carbons (Fsp3) is 0.643. The van der Waals surface area contributed by atoms with Gasteiger partial charge in [-0.2, -0.15) is 0 Å². The first kappa shape index (κ1) is 14.8. The number of terminal acetylenes is 1. The fourth-order valence-electron chi connectivity index (χ4n) is 2.07. The Kier molecular flexibility index (Phi) is 7.37. The number of allylic oxidation sites excluding steroid dienone is 1. The maximum Gasteiger partial charge on any atom is 0.303 e. The van der Waals surface area contributed by atoms with E-state index < -0.39 is 5.97 Å². The van der Waals surface area contributed by atoms with Gasteiger partial charge in [0.15, 0.2) is 0 Å². The maximum atomic E-state index is 10.5. The summed E-state index contributed by atoms with van der Waals surface area (Å²) in [6.45, 7) is 8.05. The summed E-state index contributed by atoms with van der Waals surface area (Å²) < 4.78 is 0. The minimum Gasteiger partial charge on any atom is -0.481 e. The summed E-state index contributed by atoms with van der Waals surface area (Å²) in [4.78, 5) is 10.5. The van der Waals surface area contributed by atoms with Crippen molar-refractivity contribution in [3.05, 3.63) is 12.7 Å². The van der Waals surface area contributed by atoms with E-state index in [9.17, 15) is 4.79 Å². The van der Waals surface area contributed by atoms with Gasteiger partial charge in [0.2, 0.25) is 0 Å². The van der Waals surface area contributed by atoms with E-state index >= 15 is 0 Å². The molecule has 0 aromatic carbocycles. The van der Waals surface area contributed by atoms with Crippen molar-refractivity contribution in [1.82, 2.24) is 0 Å². The molecule has 0 spiro atoms. The molecule has 0 aromatic rings. The normalized spacial score (nSPS) is 15.8. The molecule has 0 radical (unpaired) electrons. The molecular formula is C14H22O2. The van der Waals surface area contributed by atoms with Crippen LogP contribution in [-0.4, -0.2) is 11.1 Å². The summed E-state index contributed by atoms with van der Waals surface area (Å²) in [5.74, 6) is 3.20. The van der Waals surface area contributed by atoms with Gasteiger partial charge < -0.3 is 5.11 Å². The van der Waals surface area contributed by atoms with Crippen LogP contribution < -0.4 is 0 Å². The lowest BCUT2D eigenvalue weighted by Gasteiger charge is -2.26. The first-order valence-electron chi connectivity index (χ1n) is 5.80. The third kappa shape index (κ3) is 5.60. The van der Waals surface area contributed by atoms with Gasteiger partial charge in [-0.25, -0.2) is 0 Å². The van der Waals surface area contributed by atoms with Gasteiger partial charge in [0, 0.05) is 12.8 Å². The number of rotatable bonds is 8. The van der Waals surface area contributed by atoms with Gasteiger partial charge in [0.05, 0.1) is 0 Å². The van der Waals surface area contributed by atoms with Gasteiger partial charge >= 0.3 is 5.97 Å². The summed E-state index contributed by atoms with van der Waals surface area (Å²) in [7, 11) is 0. The van der Waals surface area contributed by atoms with Gasteiger partial charge in [0.1, 0.15) is 0 Å². The second kappa shape index (κ2) is 7.98. The average Bonchev–Trinajstić information content (AvgIpc) is 2.23. The lowest BCUT2D eigenvalue weighted by atomic mass is 9.78. The molecule has 1 N–H and O–H groups in total. The van der Waals surface area contributed by atoms with E-state index in [2.05, 4.69) is 26.3 Å². The van der Waals surface area contributed by atoms with Gasteiger partial charge in [0.25, 0.3) is 0 Å². The first-order valence-corrected chi connectivity index (χ1v) is 5.80. The standard InChI is InChI=1S/C14H22O2/c1-5-8-12(4)13(11(3)6-2)9-7-10-14(15)16/h1,6,11-13H,2,7-10H2,3-4H3,(H,15,16)/t11-,12-,13-/m1/s1. The molecular weight excluding hydrogens is 200 g/mol. The summed E-state index contributed by atoms with van der Waals surface area (Å²) in [5, 5.41) is 8.61. The van der Waals surface area contributed by atoms with Gasteiger partial charge in [-0.05, 0) is 30.6 Å². The molecule has 0 rings (SSSR count). The number of carboxylic acids is 1. The van der Waals surface area contributed by atoms with E-state index in [1.807, 2.05) is 6.08 Å². The summed E-state index contributed by atoms with van der Waals surface area (Å²) in [6, 6.07) is 0. The first-order chi connectivity index (χ1) is 7.52. The molecule has 2 heteroatoms. The minimum absolute atomic E-state index is 0.239. The molecule has 0 aromatic heterocycles. The van der Waals surface area contributed by atoms with Crippen LogP contribution in [-0.2, 0) is 4.79 Å². The number of aliphatic carboxylic acids is 1. The van der Waals surface area contributed by atoms with E-state index in [0.717, 1.165) is 12.8 Å². The third-order valence-corrected chi connectivity index (χ3v) is 3.15. The smallest absolute Gasteiger partial charge is 0.303 e. The van der Waals surface area contributed by atoms with Crippen molar-refractivity contribution in [2.24, 2.45) is 17.8 Å². The van der Waals surface area contributed by atoms with Crippen LogP contribution in [0.3, 0.4) is 0 Å². The van der Waals surface area contributed by atoms with E-state index in [1.54, 1.807) is 0 Å². The number of carbonyl (C=O) groups is 1. The predicted molar refractivity (Wildman–Crippen MR) is 67.0 cm³/mol. The maximum absolute atomic E-state index is 10.5. The Balaban J connectivity index is 4.26. The molecule has 16 heavy (non-hydrogen) atoms. The highest BCUT2D eigenvalue weighted by Crippen LogP contribution is 2.29. The van der Waals surface area contributed by atoms with Gasteiger partial charge in [-0.1, -0.05) is 19.9 Å². The lowest BCUT2D eigenvalue weighted by molar-refractivity contribution is -0.137. The SMILES string of the molecule is C#CC[C@@H](C)[C@H](CCCC(=O)O)[C@H](C)C=C. The largest absolute Gasteiger partial charge is 0.481 e. The Morgan fingerprint density at radius 1 is 1.56 bits per heavy atom. The molecule has 0 bridgehead atoms. The zero-order valence-corrected chi connectivity index (χ0v) is 10.3. The molecule has 2 nitrogen and oxygen atoms in total. The number of hydrogen-bond acceptors (Lipinski definition) is 1. The second-order valence-electron chi connectivity index (χ2n) is 4.43. The van der Waals surface area contributed by atoms with E-state index in [1.165, 1.54) is 0 Å². The molecule has 0 aliphatic carbocycles. The second-order valence-corrected chi connectivity index (χ2v) is 4.43. The van der Waals surface area contributed by atoms with Crippen LogP contribution in [0.25, 0.3) is 0 Å². The average molecular weight is 222 g/mol. The summed E-state index contributed by atoms with van der Waals surface area (Å²) >= 11 is 0. The molecule has 0 aliphatic rings. The molecule has 0 saturated carbocycles. The van der Waals surface area contributed by atoms with E-state index in [-0.39, 0.29) is 6.42 Å². The van der Waals surface area contributed by atoms with E-state index in [4.69, 9.17) is 11.5 Å². The quantitative estimate of drug-likeness (QED) is 0.505. The minimum atomic E-state index is -0.727. The summed E-state index contributed by atoms with van der Waals surface area (Å²) in [6.07, 6.45) is 9.85. The fourth-order valence-corrected chi connectivity index (χ4v) is 2.07. The highest BCUT2D eigenvalue weighted by Gasteiger charge is 2.21. The Bertz CT molecular complexity index is 262. The highest BCUT2D eigenvalue weighted by atomic mass is 16.4.